The molecule has 0 spiro atoms. The molecule has 1 rings (SSSR count). The molecule has 0 aromatic heterocycles. The van der Waals surface area contributed by atoms with Crippen molar-refractivity contribution in [3.63, 3.8) is 0 Å². The highest BCUT2D eigenvalue weighted by molar-refractivity contribution is 5.67. The van der Waals surface area contributed by atoms with Crippen molar-refractivity contribution in [1.82, 2.24) is 0 Å². The van der Waals surface area contributed by atoms with E-state index in [1.165, 1.54) is 0 Å². The van der Waals surface area contributed by atoms with Crippen LogP contribution in [0.1, 0.15) is 25.7 Å². The fourth-order valence-electron chi connectivity index (χ4n) is 1.55. The predicted molar refractivity (Wildman–Crippen MR) is 38.7 cm³/mol. The highest BCUT2D eigenvalue weighted by Gasteiger charge is 2.39. The zero-order valence-corrected chi connectivity index (χ0v) is 6.38. The van der Waals surface area contributed by atoms with Crippen LogP contribution in [-0.2, 0) is 9.63 Å². The maximum Gasteiger partial charge on any atom is 0.303 e. The van der Waals surface area contributed by atoms with Crippen molar-refractivity contribution in [3.05, 3.63) is 0 Å². The van der Waals surface area contributed by atoms with Crippen LogP contribution in [-0.4, -0.2) is 17.7 Å². The third-order valence-corrected chi connectivity index (χ3v) is 2.33. The molecule has 1 saturated carbocycles. The zero-order chi connectivity index (χ0) is 8.32. The Morgan fingerprint density at radius 1 is 1.64 bits per heavy atom. The Labute approximate surface area is 65.3 Å². The summed E-state index contributed by atoms with van der Waals surface area (Å²) in [6, 6.07) is 0. The summed E-state index contributed by atoms with van der Waals surface area (Å²) in [5, 5.41) is 8.54. The van der Waals surface area contributed by atoms with Crippen LogP contribution in [0.25, 0.3) is 0 Å². The Morgan fingerprint density at radius 3 is 2.55 bits per heavy atom. The molecule has 0 bridgehead atoms. The van der Waals surface area contributed by atoms with Crippen LogP contribution in [0.15, 0.2) is 0 Å². The molecule has 64 valence electrons. The quantitative estimate of drug-likeness (QED) is 0.586. The van der Waals surface area contributed by atoms with Crippen molar-refractivity contribution in [3.8, 4) is 0 Å². The summed E-state index contributed by atoms with van der Waals surface area (Å²) in [7, 11) is 0. The number of hydrogen-bond donors (Lipinski definition) is 2. The predicted octanol–water partition coefficient (Wildman–Crippen LogP) is 0.522. The first-order valence-corrected chi connectivity index (χ1v) is 3.72. The molecule has 1 aliphatic carbocycles. The number of rotatable bonds is 4. The standard InChI is InChI=1S/C7H13NO3/c8-11-5-7(2-1-3-7)4-6(9)10/h1-5,8H2,(H,9,10). The van der Waals surface area contributed by atoms with Crippen LogP contribution in [0.3, 0.4) is 0 Å². The molecule has 3 N–H and O–H groups in total. The third-order valence-electron chi connectivity index (χ3n) is 2.33. The SMILES string of the molecule is NOCC1(CC(=O)O)CCC1. The minimum Gasteiger partial charge on any atom is -0.481 e. The Balaban J connectivity index is 2.39. The first-order chi connectivity index (χ1) is 5.18. The summed E-state index contributed by atoms with van der Waals surface area (Å²) in [5.74, 6) is 4.14. The topological polar surface area (TPSA) is 72.5 Å². The van der Waals surface area contributed by atoms with Crippen LogP contribution in [0.4, 0.5) is 0 Å². The molecule has 4 heteroatoms. The Morgan fingerprint density at radius 2 is 2.27 bits per heavy atom. The van der Waals surface area contributed by atoms with E-state index >= 15 is 0 Å². The minimum absolute atomic E-state index is 0.152. The van der Waals surface area contributed by atoms with Gasteiger partial charge in [-0.3, -0.25) is 4.79 Å². The Bertz CT molecular complexity index is 154. The highest BCUT2D eigenvalue weighted by Crippen LogP contribution is 2.43. The summed E-state index contributed by atoms with van der Waals surface area (Å²) in [6.07, 6.45) is 3.13. The van der Waals surface area contributed by atoms with Crippen molar-refractivity contribution in [2.45, 2.75) is 25.7 Å². The minimum atomic E-state index is -0.762. The molecule has 0 aromatic rings. The van der Waals surface area contributed by atoms with E-state index in [2.05, 4.69) is 4.84 Å². The van der Waals surface area contributed by atoms with Crippen molar-refractivity contribution >= 4 is 5.97 Å². The average molecular weight is 159 g/mol. The molecule has 1 fully saturated rings. The lowest BCUT2D eigenvalue weighted by Crippen LogP contribution is -2.37. The van der Waals surface area contributed by atoms with Gasteiger partial charge in [-0.25, -0.2) is 5.90 Å². The van der Waals surface area contributed by atoms with E-state index < -0.39 is 5.97 Å². The Hall–Kier alpha value is -0.610. The number of carbonyl (C=O) groups is 1. The van der Waals surface area contributed by atoms with E-state index in [0.29, 0.717) is 6.61 Å². The van der Waals surface area contributed by atoms with Gasteiger partial charge in [0.1, 0.15) is 0 Å². The first-order valence-electron chi connectivity index (χ1n) is 3.72. The number of hydrogen-bond acceptors (Lipinski definition) is 3. The van der Waals surface area contributed by atoms with Gasteiger partial charge in [0, 0.05) is 5.41 Å². The van der Waals surface area contributed by atoms with Crippen LogP contribution in [0.5, 0.6) is 0 Å². The smallest absolute Gasteiger partial charge is 0.303 e. The van der Waals surface area contributed by atoms with Crippen molar-refractivity contribution < 1.29 is 14.7 Å². The molecule has 11 heavy (non-hydrogen) atoms. The van der Waals surface area contributed by atoms with Crippen LogP contribution in [0.2, 0.25) is 0 Å². The Kier molecular flexibility index (Phi) is 2.46. The largest absolute Gasteiger partial charge is 0.481 e. The van der Waals surface area contributed by atoms with Gasteiger partial charge in [0.2, 0.25) is 0 Å². The van der Waals surface area contributed by atoms with Gasteiger partial charge >= 0.3 is 5.97 Å². The maximum absolute atomic E-state index is 10.4. The van der Waals surface area contributed by atoms with Gasteiger partial charge < -0.3 is 9.94 Å². The van der Waals surface area contributed by atoms with Crippen LogP contribution >= 0.6 is 0 Å². The summed E-state index contributed by atoms with van der Waals surface area (Å²) < 4.78 is 0. The van der Waals surface area contributed by atoms with E-state index in [1.54, 1.807) is 0 Å². The monoisotopic (exact) mass is 159 g/mol. The lowest BCUT2D eigenvalue weighted by molar-refractivity contribution is -0.143. The number of nitrogens with two attached hydrogens (primary N) is 1. The van der Waals surface area contributed by atoms with Gasteiger partial charge in [-0.05, 0) is 12.8 Å². The molecular weight excluding hydrogens is 146 g/mol. The number of carboxylic acids is 1. The second-order valence-corrected chi connectivity index (χ2v) is 3.24. The number of carboxylic acid groups (broad SMARTS) is 1. The molecule has 0 saturated heterocycles. The molecule has 0 radical (unpaired) electrons. The second-order valence-electron chi connectivity index (χ2n) is 3.24. The second kappa shape index (κ2) is 3.19. The highest BCUT2D eigenvalue weighted by atomic mass is 16.6. The molecule has 0 aromatic carbocycles. The lowest BCUT2D eigenvalue weighted by atomic mass is 9.67. The van der Waals surface area contributed by atoms with Gasteiger partial charge in [0.05, 0.1) is 13.0 Å². The maximum atomic E-state index is 10.4. The van der Waals surface area contributed by atoms with Gasteiger partial charge in [-0.15, -0.1) is 0 Å². The first kappa shape index (κ1) is 8.49. The molecule has 0 amide bonds. The van der Waals surface area contributed by atoms with E-state index in [0.717, 1.165) is 19.3 Å². The van der Waals surface area contributed by atoms with E-state index in [4.69, 9.17) is 11.0 Å². The van der Waals surface area contributed by atoms with Crippen LogP contribution in [0, 0.1) is 5.41 Å². The summed E-state index contributed by atoms with van der Waals surface area (Å²) >= 11 is 0. The van der Waals surface area contributed by atoms with Crippen molar-refractivity contribution in [1.29, 1.82) is 0 Å². The normalized spacial score (nSPS) is 20.8. The van der Waals surface area contributed by atoms with Gasteiger partial charge in [0.25, 0.3) is 0 Å². The number of aliphatic carboxylic acids is 1. The molecule has 0 atom stereocenters. The molecule has 0 unspecified atom stereocenters. The third kappa shape index (κ3) is 1.91. The summed E-state index contributed by atoms with van der Waals surface area (Å²) in [4.78, 5) is 14.9. The summed E-state index contributed by atoms with van der Waals surface area (Å²) in [6.45, 7) is 0.374. The lowest BCUT2D eigenvalue weighted by Gasteiger charge is -2.39. The van der Waals surface area contributed by atoms with E-state index in [1.807, 2.05) is 0 Å². The summed E-state index contributed by atoms with van der Waals surface area (Å²) in [5.41, 5.74) is -0.152. The van der Waals surface area contributed by atoms with E-state index in [9.17, 15) is 4.79 Å². The molecule has 0 aliphatic heterocycles. The van der Waals surface area contributed by atoms with Crippen LogP contribution < -0.4 is 5.90 Å². The fourth-order valence-corrected chi connectivity index (χ4v) is 1.55. The molecule has 1 aliphatic rings. The van der Waals surface area contributed by atoms with Gasteiger partial charge in [-0.2, -0.15) is 0 Å². The van der Waals surface area contributed by atoms with Crippen molar-refractivity contribution in [2.24, 2.45) is 11.3 Å². The zero-order valence-electron chi connectivity index (χ0n) is 6.38. The molecule has 4 nitrogen and oxygen atoms in total. The van der Waals surface area contributed by atoms with E-state index in [-0.39, 0.29) is 11.8 Å². The molecular formula is C7H13NO3. The fraction of sp³-hybridized carbons (Fsp3) is 0.857. The van der Waals surface area contributed by atoms with Crippen molar-refractivity contribution in [2.75, 3.05) is 6.61 Å². The molecule has 0 heterocycles. The average Bonchev–Trinajstić information content (AvgIpc) is 1.82. The van der Waals surface area contributed by atoms with Gasteiger partial charge in [0.15, 0.2) is 0 Å². The van der Waals surface area contributed by atoms with Gasteiger partial charge in [-0.1, -0.05) is 6.42 Å².